The minimum atomic E-state index is -0.623. The first-order chi connectivity index (χ1) is 5.77. The van der Waals surface area contributed by atoms with Gasteiger partial charge in [-0.25, -0.2) is 5.48 Å². The van der Waals surface area contributed by atoms with E-state index in [1.54, 1.807) is 17.8 Å². The van der Waals surface area contributed by atoms with E-state index in [-0.39, 0.29) is 5.76 Å². The number of hydrogen-bond acceptors (Lipinski definition) is 4. The number of furan rings is 1. The summed E-state index contributed by atoms with van der Waals surface area (Å²) in [6.07, 6.45) is 1.94. The van der Waals surface area contributed by atoms with Crippen molar-refractivity contribution in [2.75, 3.05) is 6.26 Å². The average Bonchev–Trinajstić information content (AvgIpc) is 2.52. The Morgan fingerprint density at radius 3 is 3.08 bits per heavy atom. The second kappa shape index (κ2) is 4.18. The van der Waals surface area contributed by atoms with Gasteiger partial charge in [0.15, 0.2) is 5.76 Å². The first-order valence-electron chi connectivity index (χ1n) is 3.30. The molecule has 1 rings (SSSR count). The summed E-state index contributed by atoms with van der Waals surface area (Å²) in [7, 11) is 0. The van der Waals surface area contributed by atoms with E-state index < -0.39 is 5.91 Å². The van der Waals surface area contributed by atoms with E-state index in [9.17, 15) is 4.79 Å². The Morgan fingerprint density at radius 1 is 1.75 bits per heavy atom. The summed E-state index contributed by atoms with van der Waals surface area (Å²) in [6.45, 7) is 0. The van der Waals surface area contributed by atoms with Crippen molar-refractivity contribution in [3.8, 4) is 0 Å². The number of carbonyl (C=O) groups excluding carboxylic acids is 1. The highest BCUT2D eigenvalue weighted by atomic mass is 32.2. The molecule has 1 aromatic heterocycles. The van der Waals surface area contributed by atoms with Crippen molar-refractivity contribution in [3.63, 3.8) is 0 Å². The molecular formula is C7H9NO3S. The maximum atomic E-state index is 10.8. The van der Waals surface area contributed by atoms with E-state index >= 15 is 0 Å². The van der Waals surface area contributed by atoms with Crippen molar-refractivity contribution in [2.45, 2.75) is 5.75 Å². The van der Waals surface area contributed by atoms with Crippen LogP contribution in [-0.4, -0.2) is 17.4 Å². The van der Waals surface area contributed by atoms with E-state index in [0.717, 1.165) is 11.5 Å². The second-order valence-corrected chi connectivity index (χ2v) is 3.01. The van der Waals surface area contributed by atoms with Gasteiger partial charge in [0.1, 0.15) is 5.76 Å². The summed E-state index contributed by atoms with van der Waals surface area (Å²) >= 11 is 1.60. The van der Waals surface area contributed by atoms with E-state index in [1.165, 1.54) is 11.5 Å². The van der Waals surface area contributed by atoms with Crippen LogP contribution in [0.2, 0.25) is 0 Å². The highest BCUT2D eigenvalue weighted by Crippen LogP contribution is 2.12. The molecule has 0 unspecified atom stereocenters. The van der Waals surface area contributed by atoms with Crippen LogP contribution in [0.4, 0.5) is 0 Å². The van der Waals surface area contributed by atoms with Crippen LogP contribution in [0.3, 0.4) is 0 Å². The summed E-state index contributed by atoms with van der Waals surface area (Å²) in [4.78, 5) is 10.8. The lowest BCUT2D eigenvalue weighted by molar-refractivity contribution is 0.0675. The monoisotopic (exact) mass is 187 g/mol. The summed E-state index contributed by atoms with van der Waals surface area (Å²) in [6, 6.07) is 3.23. The van der Waals surface area contributed by atoms with Crippen LogP contribution >= 0.6 is 11.8 Å². The lowest BCUT2D eigenvalue weighted by Crippen LogP contribution is -2.17. The van der Waals surface area contributed by atoms with Gasteiger partial charge in [-0.3, -0.25) is 10.0 Å². The fraction of sp³-hybridized carbons (Fsp3) is 0.286. The molecule has 1 heterocycles. The molecule has 66 valence electrons. The molecule has 0 aliphatic carbocycles. The zero-order chi connectivity index (χ0) is 8.97. The lowest BCUT2D eigenvalue weighted by atomic mass is 10.4. The Balaban J connectivity index is 2.70. The normalized spacial score (nSPS) is 9.83. The predicted octanol–water partition coefficient (Wildman–Crippen LogP) is 1.26. The van der Waals surface area contributed by atoms with Crippen LogP contribution in [0.25, 0.3) is 0 Å². The van der Waals surface area contributed by atoms with Gasteiger partial charge < -0.3 is 4.42 Å². The van der Waals surface area contributed by atoms with Crippen LogP contribution in [0, 0.1) is 0 Å². The summed E-state index contributed by atoms with van der Waals surface area (Å²) in [5.74, 6) is 0.948. The maximum absolute atomic E-state index is 10.8. The number of hydroxylamine groups is 1. The molecule has 1 aromatic rings. The van der Waals surface area contributed by atoms with Gasteiger partial charge in [0.25, 0.3) is 0 Å². The van der Waals surface area contributed by atoms with Crippen LogP contribution in [-0.2, 0) is 5.75 Å². The largest absolute Gasteiger partial charge is 0.455 e. The molecule has 12 heavy (non-hydrogen) atoms. The standard InChI is InChI=1S/C7H9NO3S/c1-12-4-5-2-3-6(11-5)7(9)8-10/h2-3,10H,4H2,1H3,(H,8,9). The molecule has 0 spiro atoms. The first-order valence-corrected chi connectivity index (χ1v) is 4.69. The van der Waals surface area contributed by atoms with Crippen LogP contribution in [0.15, 0.2) is 16.5 Å². The minimum absolute atomic E-state index is 0.126. The minimum Gasteiger partial charge on any atom is -0.455 e. The van der Waals surface area contributed by atoms with Crippen molar-refractivity contribution in [3.05, 3.63) is 23.7 Å². The Labute approximate surface area is 73.9 Å². The van der Waals surface area contributed by atoms with Gasteiger partial charge in [-0.15, -0.1) is 0 Å². The van der Waals surface area contributed by atoms with Gasteiger partial charge in [0.2, 0.25) is 0 Å². The van der Waals surface area contributed by atoms with Gasteiger partial charge in [-0.05, 0) is 18.4 Å². The molecule has 0 fully saturated rings. The molecule has 0 radical (unpaired) electrons. The first kappa shape index (κ1) is 9.15. The fourth-order valence-corrected chi connectivity index (χ4v) is 1.21. The van der Waals surface area contributed by atoms with Crippen molar-refractivity contribution in [1.82, 2.24) is 5.48 Å². The SMILES string of the molecule is CSCc1ccc(C(=O)NO)o1. The Hall–Kier alpha value is -0.940. The third-order valence-electron chi connectivity index (χ3n) is 1.27. The second-order valence-electron chi connectivity index (χ2n) is 2.14. The number of carbonyl (C=O) groups is 1. The molecule has 2 N–H and O–H groups in total. The molecule has 0 aliphatic rings. The van der Waals surface area contributed by atoms with Gasteiger partial charge in [-0.2, -0.15) is 11.8 Å². The van der Waals surface area contributed by atoms with E-state index in [1.807, 2.05) is 6.26 Å². The molecule has 0 aliphatic heterocycles. The number of rotatable bonds is 3. The third kappa shape index (κ3) is 2.02. The van der Waals surface area contributed by atoms with Gasteiger partial charge in [0, 0.05) is 0 Å². The highest BCUT2D eigenvalue weighted by molar-refractivity contribution is 7.97. The molecule has 0 saturated heterocycles. The number of nitrogens with one attached hydrogen (secondary N) is 1. The molecular weight excluding hydrogens is 178 g/mol. The van der Waals surface area contributed by atoms with E-state index in [4.69, 9.17) is 9.62 Å². The lowest BCUT2D eigenvalue weighted by Gasteiger charge is -1.92. The van der Waals surface area contributed by atoms with Crippen molar-refractivity contribution >= 4 is 17.7 Å². The van der Waals surface area contributed by atoms with Crippen molar-refractivity contribution in [1.29, 1.82) is 0 Å². The predicted molar refractivity (Wildman–Crippen MR) is 45.2 cm³/mol. The van der Waals surface area contributed by atoms with Gasteiger partial charge in [0.05, 0.1) is 5.75 Å². The van der Waals surface area contributed by atoms with E-state index in [2.05, 4.69) is 0 Å². The number of thioether (sulfide) groups is 1. The van der Waals surface area contributed by atoms with Crippen LogP contribution in [0.5, 0.6) is 0 Å². The smallest absolute Gasteiger partial charge is 0.310 e. The van der Waals surface area contributed by atoms with Gasteiger partial charge in [-0.1, -0.05) is 0 Å². The van der Waals surface area contributed by atoms with Gasteiger partial charge >= 0.3 is 5.91 Å². The zero-order valence-electron chi connectivity index (χ0n) is 6.53. The topological polar surface area (TPSA) is 62.5 Å². The number of hydrogen-bond donors (Lipinski definition) is 2. The molecule has 1 amide bonds. The average molecular weight is 187 g/mol. The molecule has 0 bridgehead atoms. The maximum Gasteiger partial charge on any atom is 0.310 e. The summed E-state index contributed by atoms with van der Waals surface area (Å²) in [5.41, 5.74) is 1.50. The fourth-order valence-electron chi connectivity index (χ4n) is 0.775. The highest BCUT2D eigenvalue weighted by Gasteiger charge is 2.08. The third-order valence-corrected chi connectivity index (χ3v) is 1.85. The van der Waals surface area contributed by atoms with Crippen LogP contribution < -0.4 is 5.48 Å². The molecule has 4 nitrogen and oxygen atoms in total. The Bertz CT molecular complexity index is 271. The zero-order valence-corrected chi connectivity index (χ0v) is 7.35. The molecule has 0 aromatic carbocycles. The summed E-state index contributed by atoms with van der Waals surface area (Å²) < 4.78 is 5.08. The molecule has 0 atom stereocenters. The van der Waals surface area contributed by atoms with Crippen molar-refractivity contribution in [2.24, 2.45) is 0 Å². The van der Waals surface area contributed by atoms with Crippen molar-refractivity contribution < 1.29 is 14.4 Å². The Kier molecular flexibility index (Phi) is 3.19. The van der Waals surface area contributed by atoms with E-state index in [0.29, 0.717) is 0 Å². The molecule has 5 heteroatoms. The Morgan fingerprint density at radius 2 is 2.50 bits per heavy atom. The van der Waals surface area contributed by atoms with Crippen LogP contribution in [0.1, 0.15) is 16.3 Å². The molecule has 0 saturated carbocycles. The quantitative estimate of drug-likeness (QED) is 0.552. The summed E-state index contributed by atoms with van der Waals surface area (Å²) in [5, 5.41) is 8.26. The number of amides is 1.